The lowest BCUT2D eigenvalue weighted by Gasteiger charge is -2.35. The maximum atomic E-state index is 13.0. The number of benzene rings is 2. The van der Waals surface area contributed by atoms with Gasteiger partial charge in [0.25, 0.3) is 0 Å². The van der Waals surface area contributed by atoms with Gasteiger partial charge in [-0.2, -0.15) is 0 Å². The van der Waals surface area contributed by atoms with E-state index in [1.165, 1.54) is 5.56 Å². The van der Waals surface area contributed by atoms with Crippen molar-refractivity contribution in [1.29, 1.82) is 0 Å². The number of hydrogen-bond acceptors (Lipinski definition) is 2. The third-order valence-corrected chi connectivity index (χ3v) is 6.19. The number of amides is 1. The predicted molar refractivity (Wildman–Crippen MR) is 115 cm³/mol. The van der Waals surface area contributed by atoms with Crippen molar-refractivity contribution in [2.24, 2.45) is 11.8 Å². The average Bonchev–Trinajstić information content (AvgIpc) is 2.68. The van der Waals surface area contributed by atoms with E-state index in [-0.39, 0.29) is 11.8 Å². The van der Waals surface area contributed by atoms with Gasteiger partial charge >= 0.3 is 5.97 Å². The fourth-order valence-corrected chi connectivity index (χ4v) is 4.37. The Kier molecular flexibility index (Phi) is 6.55. The number of hydrogen-bond donors (Lipinski definition) is 2. The third kappa shape index (κ3) is 4.64. The Labute approximate surface area is 174 Å². The van der Waals surface area contributed by atoms with E-state index in [9.17, 15) is 14.7 Å². The lowest BCUT2D eigenvalue weighted by molar-refractivity contribution is -0.148. The van der Waals surface area contributed by atoms with Crippen LogP contribution in [0.5, 0.6) is 0 Å². The molecular weight excluding hydrogens is 418 g/mol. The summed E-state index contributed by atoms with van der Waals surface area (Å²) in [5.41, 5.74) is 2.90. The zero-order valence-electron chi connectivity index (χ0n) is 16.2. The van der Waals surface area contributed by atoms with Crippen molar-refractivity contribution in [3.05, 3.63) is 64.1 Å². The number of halogens is 1. The highest BCUT2D eigenvalue weighted by atomic mass is 79.9. The van der Waals surface area contributed by atoms with Gasteiger partial charge in [0.1, 0.15) is 0 Å². The molecule has 0 unspecified atom stereocenters. The number of carbonyl (C=O) groups excluding carboxylic acids is 1. The van der Waals surface area contributed by atoms with Crippen LogP contribution in [0.3, 0.4) is 0 Å². The average molecular weight is 444 g/mol. The number of carboxylic acids is 1. The minimum Gasteiger partial charge on any atom is -0.481 e. The topological polar surface area (TPSA) is 66.4 Å². The summed E-state index contributed by atoms with van der Waals surface area (Å²) in [5, 5.41) is 12.9. The van der Waals surface area contributed by atoms with Crippen LogP contribution >= 0.6 is 15.9 Å². The Balaban J connectivity index is 1.79. The Morgan fingerprint density at radius 1 is 1.04 bits per heavy atom. The molecule has 1 saturated carbocycles. The van der Waals surface area contributed by atoms with E-state index in [4.69, 9.17) is 0 Å². The van der Waals surface area contributed by atoms with Crippen LogP contribution < -0.4 is 5.32 Å². The lowest BCUT2D eigenvalue weighted by Crippen LogP contribution is -2.40. The molecule has 2 aromatic carbocycles. The highest BCUT2D eigenvalue weighted by molar-refractivity contribution is 9.10. The fraction of sp³-hybridized carbons (Fsp3) is 0.391. The predicted octanol–water partition coefficient (Wildman–Crippen LogP) is 5.80. The maximum Gasteiger partial charge on any atom is 0.307 e. The van der Waals surface area contributed by atoms with E-state index in [1.807, 2.05) is 48.5 Å². The first-order chi connectivity index (χ1) is 13.4. The first kappa shape index (κ1) is 20.6. The molecule has 148 valence electrons. The first-order valence-corrected chi connectivity index (χ1v) is 10.5. The molecule has 2 N–H and O–H groups in total. The molecule has 2 aromatic rings. The van der Waals surface area contributed by atoms with Crippen LogP contribution in [0.25, 0.3) is 0 Å². The Hall–Kier alpha value is -2.14. The highest BCUT2D eigenvalue weighted by Crippen LogP contribution is 2.42. The minimum atomic E-state index is -0.900. The molecule has 1 amide bonds. The quantitative estimate of drug-likeness (QED) is 0.613. The van der Waals surface area contributed by atoms with Crippen molar-refractivity contribution in [3.8, 4) is 0 Å². The second-order valence-corrected chi connectivity index (χ2v) is 8.74. The molecule has 0 bridgehead atoms. The second-order valence-electron chi connectivity index (χ2n) is 7.83. The molecule has 0 aromatic heterocycles. The molecule has 1 fully saturated rings. The van der Waals surface area contributed by atoms with Crippen molar-refractivity contribution in [1.82, 2.24) is 0 Å². The Bertz CT molecular complexity index is 830. The number of nitrogens with one attached hydrogen (secondary N) is 1. The van der Waals surface area contributed by atoms with E-state index in [2.05, 4.69) is 35.1 Å². The normalized spacial score (nSPS) is 22.1. The molecule has 28 heavy (non-hydrogen) atoms. The monoisotopic (exact) mass is 443 g/mol. The van der Waals surface area contributed by atoms with Crippen LogP contribution in [0.1, 0.15) is 56.1 Å². The van der Waals surface area contributed by atoms with E-state index >= 15 is 0 Å². The second kappa shape index (κ2) is 8.91. The van der Waals surface area contributed by atoms with Crippen molar-refractivity contribution in [3.63, 3.8) is 0 Å². The number of anilines is 1. The SMILES string of the molecule is CC(C)c1ccc(NC(=O)[C@H]2CCC[C@@H](c3ccc(Br)cc3)[C@@H]2C(=O)O)cc1. The minimum absolute atomic E-state index is 0.154. The maximum absolute atomic E-state index is 13.0. The summed E-state index contributed by atoms with van der Waals surface area (Å²) in [6, 6.07) is 15.5. The van der Waals surface area contributed by atoms with Crippen LogP contribution in [0, 0.1) is 11.8 Å². The zero-order chi connectivity index (χ0) is 20.3. The molecule has 0 spiro atoms. The van der Waals surface area contributed by atoms with Crippen molar-refractivity contribution in [2.75, 3.05) is 5.32 Å². The van der Waals surface area contributed by atoms with Gasteiger partial charge in [0.2, 0.25) is 5.91 Å². The van der Waals surface area contributed by atoms with Gasteiger partial charge in [0, 0.05) is 10.2 Å². The summed E-state index contributed by atoms with van der Waals surface area (Å²) in [5.74, 6) is -2.09. The van der Waals surface area contributed by atoms with Gasteiger partial charge in [-0.1, -0.05) is 60.5 Å². The Morgan fingerprint density at radius 3 is 2.25 bits per heavy atom. The van der Waals surface area contributed by atoms with E-state index in [1.54, 1.807) is 0 Å². The summed E-state index contributed by atoms with van der Waals surface area (Å²) in [6.07, 6.45) is 2.22. The molecule has 0 heterocycles. The summed E-state index contributed by atoms with van der Waals surface area (Å²) in [7, 11) is 0. The highest BCUT2D eigenvalue weighted by Gasteiger charge is 2.42. The van der Waals surface area contributed by atoms with Gasteiger partial charge in [-0.05, 0) is 60.1 Å². The van der Waals surface area contributed by atoms with Gasteiger partial charge in [-0.25, -0.2) is 0 Å². The van der Waals surface area contributed by atoms with Crippen LogP contribution in [-0.2, 0) is 9.59 Å². The zero-order valence-corrected chi connectivity index (χ0v) is 17.8. The van der Waals surface area contributed by atoms with Crippen molar-refractivity contribution >= 4 is 33.5 Å². The molecule has 0 radical (unpaired) electrons. The summed E-state index contributed by atoms with van der Waals surface area (Å²) in [4.78, 5) is 25.1. The molecule has 0 aliphatic heterocycles. The number of rotatable bonds is 5. The standard InChI is InChI=1S/C23H26BrNO3/c1-14(2)15-8-12-18(13-9-15)25-22(26)20-5-3-4-19(21(20)23(27)28)16-6-10-17(24)11-7-16/h6-14,19-21H,3-5H2,1-2H3,(H,25,26)(H,27,28)/t19-,20-,21-/m0/s1. The van der Waals surface area contributed by atoms with Crippen LogP contribution in [0.15, 0.2) is 53.0 Å². The third-order valence-electron chi connectivity index (χ3n) is 5.66. The summed E-state index contributed by atoms with van der Waals surface area (Å²) < 4.78 is 0.957. The van der Waals surface area contributed by atoms with Gasteiger partial charge in [0.15, 0.2) is 0 Å². The summed E-state index contributed by atoms with van der Waals surface area (Å²) >= 11 is 3.42. The molecular formula is C23H26BrNO3. The number of carboxylic acid groups (broad SMARTS) is 1. The van der Waals surface area contributed by atoms with Crippen LogP contribution in [0.4, 0.5) is 5.69 Å². The van der Waals surface area contributed by atoms with Gasteiger partial charge in [-0.3, -0.25) is 9.59 Å². The number of carbonyl (C=O) groups is 2. The lowest BCUT2D eigenvalue weighted by atomic mass is 9.69. The first-order valence-electron chi connectivity index (χ1n) is 9.76. The van der Waals surface area contributed by atoms with Gasteiger partial charge in [-0.15, -0.1) is 0 Å². The smallest absolute Gasteiger partial charge is 0.307 e. The molecule has 0 saturated heterocycles. The van der Waals surface area contributed by atoms with Gasteiger partial charge < -0.3 is 10.4 Å². The molecule has 1 aliphatic rings. The molecule has 4 nitrogen and oxygen atoms in total. The number of aliphatic carboxylic acids is 1. The molecule has 1 aliphatic carbocycles. The largest absolute Gasteiger partial charge is 0.481 e. The van der Waals surface area contributed by atoms with Crippen LogP contribution in [-0.4, -0.2) is 17.0 Å². The van der Waals surface area contributed by atoms with E-state index < -0.39 is 17.8 Å². The summed E-state index contributed by atoms with van der Waals surface area (Å²) in [6.45, 7) is 4.24. The fourth-order valence-electron chi connectivity index (χ4n) is 4.11. The van der Waals surface area contributed by atoms with Crippen molar-refractivity contribution in [2.45, 2.75) is 44.9 Å². The van der Waals surface area contributed by atoms with Gasteiger partial charge in [0.05, 0.1) is 11.8 Å². The molecule has 3 rings (SSSR count). The molecule has 5 heteroatoms. The van der Waals surface area contributed by atoms with E-state index in [0.717, 1.165) is 22.9 Å². The Morgan fingerprint density at radius 2 is 1.68 bits per heavy atom. The van der Waals surface area contributed by atoms with E-state index in [0.29, 0.717) is 18.0 Å². The molecule has 3 atom stereocenters. The van der Waals surface area contributed by atoms with Crippen molar-refractivity contribution < 1.29 is 14.7 Å². The van der Waals surface area contributed by atoms with Crippen LogP contribution in [0.2, 0.25) is 0 Å².